The number of hydrogen-bond acceptors (Lipinski definition) is 3. The van der Waals surface area contributed by atoms with Crippen molar-refractivity contribution < 1.29 is 4.79 Å². The molecule has 0 aromatic carbocycles. The SMILES string of the molecule is Cc1nn(C)c(Cl)c1CC(=O)CC1(N)CCC1. The maximum absolute atomic E-state index is 12.0. The number of carbonyl (C=O) groups is 1. The molecular formula is C12H18ClN3O. The van der Waals surface area contributed by atoms with Gasteiger partial charge in [-0.25, -0.2) is 0 Å². The molecule has 0 bridgehead atoms. The summed E-state index contributed by atoms with van der Waals surface area (Å²) in [5, 5.41) is 4.75. The van der Waals surface area contributed by atoms with Crippen LogP contribution in [0.4, 0.5) is 0 Å². The summed E-state index contributed by atoms with van der Waals surface area (Å²) in [6.07, 6.45) is 3.85. The van der Waals surface area contributed by atoms with Crippen LogP contribution in [0.25, 0.3) is 0 Å². The molecule has 5 heteroatoms. The van der Waals surface area contributed by atoms with Crippen LogP contribution >= 0.6 is 11.6 Å². The van der Waals surface area contributed by atoms with Crippen LogP contribution in [-0.4, -0.2) is 21.1 Å². The van der Waals surface area contributed by atoms with E-state index in [0.29, 0.717) is 18.0 Å². The lowest BCUT2D eigenvalue weighted by Gasteiger charge is -2.37. The topological polar surface area (TPSA) is 60.9 Å². The minimum Gasteiger partial charge on any atom is -0.325 e. The number of carbonyl (C=O) groups excluding carboxylic acids is 1. The van der Waals surface area contributed by atoms with E-state index in [9.17, 15) is 4.79 Å². The molecule has 1 aliphatic rings. The van der Waals surface area contributed by atoms with E-state index in [4.69, 9.17) is 17.3 Å². The summed E-state index contributed by atoms with van der Waals surface area (Å²) < 4.78 is 1.60. The first-order chi connectivity index (χ1) is 7.91. The predicted octanol–water partition coefficient (Wildman–Crippen LogP) is 1.77. The molecule has 2 N–H and O–H groups in total. The summed E-state index contributed by atoms with van der Waals surface area (Å²) in [6, 6.07) is 0. The lowest BCUT2D eigenvalue weighted by Crippen LogP contribution is -2.48. The van der Waals surface area contributed by atoms with Crippen molar-refractivity contribution in [1.29, 1.82) is 0 Å². The van der Waals surface area contributed by atoms with Gasteiger partial charge in [0, 0.05) is 31.0 Å². The second-order valence-electron chi connectivity index (χ2n) is 5.09. The zero-order chi connectivity index (χ0) is 12.6. The van der Waals surface area contributed by atoms with Gasteiger partial charge in [0.1, 0.15) is 10.9 Å². The van der Waals surface area contributed by atoms with Crippen molar-refractivity contribution in [2.45, 2.75) is 44.6 Å². The lowest BCUT2D eigenvalue weighted by molar-refractivity contribution is -0.120. The molecule has 1 saturated carbocycles. The summed E-state index contributed by atoms with van der Waals surface area (Å²) in [4.78, 5) is 12.0. The van der Waals surface area contributed by atoms with Crippen LogP contribution in [0.5, 0.6) is 0 Å². The molecule has 0 amide bonds. The molecule has 1 aliphatic carbocycles. The maximum Gasteiger partial charge on any atom is 0.139 e. The number of nitrogens with zero attached hydrogens (tertiary/aromatic N) is 2. The van der Waals surface area contributed by atoms with E-state index >= 15 is 0 Å². The van der Waals surface area contributed by atoms with Gasteiger partial charge in [-0.3, -0.25) is 9.48 Å². The normalized spacial score (nSPS) is 17.9. The highest BCUT2D eigenvalue weighted by Crippen LogP contribution is 2.33. The lowest BCUT2D eigenvalue weighted by atomic mass is 9.74. The van der Waals surface area contributed by atoms with Crippen LogP contribution in [0.1, 0.15) is 36.9 Å². The standard InChI is InChI=1S/C12H18ClN3O/c1-8-10(11(13)16(2)15-8)6-9(17)7-12(14)4-3-5-12/h3-7,14H2,1-2H3. The van der Waals surface area contributed by atoms with Gasteiger partial charge in [-0.05, 0) is 26.2 Å². The van der Waals surface area contributed by atoms with Gasteiger partial charge in [-0.2, -0.15) is 5.10 Å². The Balaban J connectivity index is 2.03. The molecule has 0 atom stereocenters. The van der Waals surface area contributed by atoms with Gasteiger partial charge in [0.05, 0.1) is 5.69 Å². The van der Waals surface area contributed by atoms with Crippen LogP contribution in [-0.2, 0) is 18.3 Å². The average Bonchev–Trinajstić information content (AvgIpc) is 2.43. The van der Waals surface area contributed by atoms with Gasteiger partial charge in [0.15, 0.2) is 0 Å². The zero-order valence-electron chi connectivity index (χ0n) is 10.3. The van der Waals surface area contributed by atoms with Crippen LogP contribution in [0, 0.1) is 6.92 Å². The number of Topliss-reactive ketones (excluding diaryl/α,β-unsaturated/α-hetero) is 1. The Bertz CT molecular complexity index is 449. The average molecular weight is 256 g/mol. The molecule has 17 heavy (non-hydrogen) atoms. The quantitative estimate of drug-likeness (QED) is 0.892. The summed E-state index contributed by atoms with van der Waals surface area (Å²) in [6.45, 7) is 1.87. The minimum atomic E-state index is -0.250. The number of aryl methyl sites for hydroxylation is 2. The predicted molar refractivity (Wildman–Crippen MR) is 67.1 cm³/mol. The highest BCUT2D eigenvalue weighted by atomic mass is 35.5. The molecular weight excluding hydrogens is 238 g/mol. The maximum atomic E-state index is 12.0. The Kier molecular flexibility index (Phi) is 3.27. The number of hydrogen-bond donors (Lipinski definition) is 1. The third kappa shape index (κ3) is 2.53. The van der Waals surface area contributed by atoms with Gasteiger partial charge in [0.2, 0.25) is 0 Å². The molecule has 0 radical (unpaired) electrons. The molecule has 0 aliphatic heterocycles. The molecule has 1 aromatic heterocycles. The molecule has 1 aromatic rings. The van der Waals surface area contributed by atoms with Crippen molar-refractivity contribution in [2.75, 3.05) is 0 Å². The molecule has 4 nitrogen and oxygen atoms in total. The zero-order valence-corrected chi connectivity index (χ0v) is 11.0. The van der Waals surface area contributed by atoms with Crippen molar-refractivity contribution in [3.05, 3.63) is 16.4 Å². The van der Waals surface area contributed by atoms with Gasteiger partial charge in [0.25, 0.3) is 0 Å². The molecule has 0 saturated heterocycles. The van der Waals surface area contributed by atoms with E-state index in [-0.39, 0.29) is 11.3 Å². The summed E-state index contributed by atoms with van der Waals surface area (Å²) in [5.41, 5.74) is 7.47. The van der Waals surface area contributed by atoms with Gasteiger partial charge in [-0.1, -0.05) is 11.6 Å². The Morgan fingerprint density at radius 2 is 2.24 bits per heavy atom. The van der Waals surface area contributed by atoms with Crippen LogP contribution in [0.3, 0.4) is 0 Å². The number of rotatable bonds is 4. The van der Waals surface area contributed by atoms with Crippen molar-refractivity contribution in [2.24, 2.45) is 12.8 Å². The number of halogens is 1. The highest BCUT2D eigenvalue weighted by Gasteiger charge is 2.34. The van der Waals surface area contributed by atoms with Crippen LogP contribution in [0.2, 0.25) is 5.15 Å². The summed E-state index contributed by atoms with van der Waals surface area (Å²) >= 11 is 6.09. The monoisotopic (exact) mass is 255 g/mol. The number of aromatic nitrogens is 2. The van der Waals surface area contributed by atoms with Crippen LogP contribution in [0.15, 0.2) is 0 Å². The largest absolute Gasteiger partial charge is 0.325 e. The third-order valence-corrected chi connectivity index (χ3v) is 4.02. The minimum absolute atomic E-state index is 0.158. The molecule has 1 fully saturated rings. The van der Waals surface area contributed by atoms with Gasteiger partial charge in [-0.15, -0.1) is 0 Å². The smallest absolute Gasteiger partial charge is 0.139 e. The molecule has 94 valence electrons. The van der Waals surface area contributed by atoms with Gasteiger partial charge < -0.3 is 5.73 Å². The first kappa shape index (κ1) is 12.6. The first-order valence-electron chi connectivity index (χ1n) is 5.90. The van der Waals surface area contributed by atoms with E-state index in [1.807, 2.05) is 6.92 Å². The van der Waals surface area contributed by atoms with Crippen molar-refractivity contribution in [3.63, 3.8) is 0 Å². The van der Waals surface area contributed by atoms with Crippen LogP contribution < -0.4 is 5.73 Å². The Morgan fingerprint density at radius 3 is 2.65 bits per heavy atom. The third-order valence-electron chi connectivity index (χ3n) is 3.54. The first-order valence-corrected chi connectivity index (χ1v) is 6.28. The van der Waals surface area contributed by atoms with E-state index in [0.717, 1.165) is 30.5 Å². The summed E-state index contributed by atoms with van der Waals surface area (Å²) in [5.74, 6) is 0.158. The molecule has 1 heterocycles. The van der Waals surface area contributed by atoms with E-state index in [2.05, 4.69) is 5.10 Å². The Labute approximate surface area is 106 Å². The van der Waals surface area contributed by atoms with E-state index in [1.54, 1.807) is 11.7 Å². The fourth-order valence-electron chi connectivity index (χ4n) is 2.33. The Morgan fingerprint density at radius 1 is 1.59 bits per heavy atom. The number of ketones is 1. The van der Waals surface area contributed by atoms with Crippen molar-refractivity contribution >= 4 is 17.4 Å². The molecule has 0 unspecified atom stereocenters. The fourth-order valence-corrected chi connectivity index (χ4v) is 2.58. The highest BCUT2D eigenvalue weighted by molar-refractivity contribution is 6.30. The fraction of sp³-hybridized carbons (Fsp3) is 0.667. The van der Waals surface area contributed by atoms with Gasteiger partial charge >= 0.3 is 0 Å². The molecule has 0 spiro atoms. The second kappa shape index (κ2) is 4.42. The van der Waals surface area contributed by atoms with Crippen molar-refractivity contribution in [3.8, 4) is 0 Å². The van der Waals surface area contributed by atoms with E-state index in [1.165, 1.54) is 0 Å². The molecule has 2 rings (SSSR count). The Hall–Kier alpha value is -0.870. The summed E-state index contributed by atoms with van der Waals surface area (Å²) in [7, 11) is 1.78. The second-order valence-corrected chi connectivity index (χ2v) is 5.44. The van der Waals surface area contributed by atoms with Crippen molar-refractivity contribution in [1.82, 2.24) is 9.78 Å². The van der Waals surface area contributed by atoms with E-state index < -0.39 is 0 Å². The number of nitrogens with two attached hydrogens (primary N) is 1.